The highest BCUT2D eigenvalue weighted by Gasteiger charge is 2.34. The summed E-state index contributed by atoms with van der Waals surface area (Å²) < 4.78 is 6.42. The first kappa shape index (κ1) is 30.7. The number of carbonyl (C=O) groups is 3. The van der Waals surface area contributed by atoms with Crippen molar-refractivity contribution < 1.29 is 29.3 Å². The summed E-state index contributed by atoms with van der Waals surface area (Å²) in [4.78, 5) is 47.1. The number of carboxylic acid groups (broad SMARTS) is 1. The summed E-state index contributed by atoms with van der Waals surface area (Å²) >= 11 is 0. The summed E-state index contributed by atoms with van der Waals surface area (Å²) in [6.45, 7) is 5.14. The van der Waals surface area contributed by atoms with Crippen LogP contribution in [-0.2, 0) is 6.54 Å². The summed E-state index contributed by atoms with van der Waals surface area (Å²) in [5, 5.41) is 19.1. The Kier molecular flexibility index (Phi) is 9.59. The molecule has 1 aliphatic heterocycles. The number of aliphatic hydroxyl groups is 1. The predicted octanol–water partition coefficient (Wildman–Crippen LogP) is 3.50. The monoisotopic (exact) mass is 574 g/mol. The molecule has 0 spiro atoms. The number of benzene rings is 2. The van der Waals surface area contributed by atoms with Crippen LogP contribution in [0.5, 0.6) is 5.88 Å². The lowest BCUT2D eigenvalue weighted by molar-refractivity contribution is 0.0325. The number of rotatable bonds is 9. The van der Waals surface area contributed by atoms with Crippen LogP contribution in [0.3, 0.4) is 0 Å². The van der Waals surface area contributed by atoms with Crippen LogP contribution in [0.4, 0.5) is 0 Å². The maximum absolute atomic E-state index is 13.8. The smallest absolute Gasteiger partial charge is 0.335 e. The number of carbonyl (C=O) groups excluding carboxylic acids is 2. The van der Waals surface area contributed by atoms with Crippen molar-refractivity contribution in [1.82, 2.24) is 19.7 Å². The number of aromatic carboxylic acids is 1. The number of aliphatic hydroxyl groups excluding tert-OH is 1. The highest BCUT2D eigenvalue weighted by molar-refractivity contribution is 5.98. The molecule has 2 heterocycles. The van der Waals surface area contributed by atoms with Crippen molar-refractivity contribution >= 4 is 17.8 Å². The fourth-order valence-electron chi connectivity index (χ4n) is 4.98. The van der Waals surface area contributed by atoms with Crippen LogP contribution in [0.1, 0.15) is 50.5 Å². The first-order valence-corrected chi connectivity index (χ1v) is 13.9. The highest BCUT2D eigenvalue weighted by atomic mass is 16.5. The zero-order valence-corrected chi connectivity index (χ0v) is 24.7. The standard InChI is InChI=1S/C32H38N4O6/c1-20-16-36(21(2)19-37)31(39)27-14-26(23-10-12-24(13-11-23)30(38)34(3)4)15-33-29(27)42-28(20)18-35(5)17-22-6-8-25(9-7-22)32(40)41/h6-15,20-21,28,37H,16-19H2,1-5H3,(H,40,41)/t20-,21+,28-/m0/s1. The number of likely N-dealkylation sites (N-methyl/N-ethyl adjacent to an activating group) is 1. The van der Waals surface area contributed by atoms with Crippen LogP contribution >= 0.6 is 0 Å². The van der Waals surface area contributed by atoms with Gasteiger partial charge in [0.25, 0.3) is 11.8 Å². The van der Waals surface area contributed by atoms with Gasteiger partial charge < -0.3 is 24.7 Å². The van der Waals surface area contributed by atoms with Crippen molar-refractivity contribution in [1.29, 1.82) is 0 Å². The third kappa shape index (κ3) is 6.95. The number of ether oxygens (including phenoxy) is 1. The van der Waals surface area contributed by atoms with E-state index in [0.29, 0.717) is 36.3 Å². The molecule has 10 nitrogen and oxygen atoms in total. The molecule has 2 amide bonds. The second-order valence-electron chi connectivity index (χ2n) is 11.2. The molecule has 0 radical (unpaired) electrons. The van der Waals surface area contributed by atoms with Gasteiger partial charge in [-0.3, -0.25) is 14.5 Å². The van der Waals surface area contributed by atoms with E-state index in [4.69, 9.17) is 4.74 Å². The summed E-state index contributed by atoms with van der Waals surface area (Å²) in [6.07, 6.45) is 1.34. The van der Waals surface area contributed by atoms with Crippen LogP contribution < -0.4 is 4.74 Å². The topological polar surface area (TPSA) is 124 Å². The molecule has 0 saturated carbocycles. The molecular formula is C32H38N4O6. The number of pyridine rings is 1. The molecule has 2 aromatic carbocycles. The SMILES string of the molecule is C[C@H](CO)N1C[C@H](C)[C@H](CN(C)Cc2ccc(C(=O)O)cc2)Oc2ncc(-c3ccc(C(=O)N(C)C)cc3)cc2C1=O. The molecule has 4 rings (SSSR count). The molecule has 10 heteroatoms. The van der Waals surface area contributed by atoms with Gasteiger partial charge in [0.05, 0.1) is 18.2 Å². The molecule has 2 N–H and O–H groups in total. The Morgan fingerprint density at radius 2 is 1.69 bits per heavy atom. The Labute approximate surface area is 246 Å². The van der Waals surface area contributed by atoms with Gasteiger partial charge in [0.1, 0.15) is 11.7 Å². The molecule has 0 fully saturated rings. The van der Waals surface area contributed by atoms with E-state index in [-0.39, 0.29) is 41.9 Å². The van der Waals surface area contributed by atoms with E-state index >= 15 is 0 Å². The molecule has 3 aromatic rings. The van der Waals surface area contributed by atoms with Gasteiger partial charge in [-0.05, 0) is 55.4 Å². The van der Waals surface area contributed by atoms with Crippen molar-refractivity contribution in [2.45, 2.75) is 32.5 Å². The molecule has 0 aliphatic carbocycles. The fourth-order valence-corrected chi connectivity index (χ4v) is 4.98. The van der Waals surface area contributed by atoms with Gasteiger partial charge in [-0.2, -0.15) is 0 Å². The Morgan fingerprint density at radius 3 is 2.29 bits per heavy atom. The average Bonchev–Trinajstić information content (AvgIpc) is 2.98. The minimum atomic E-state index is -0.964. The quantitative estimate of drug-likeness (QED) is 0.398. The number of fused-ring (bicyclic) bond motifs is 1. The zero-order chi connectivity index (χ0) is 30.6. The largest absolute Gasteiger partial charge is 0.478 e. The third-order valence-electron chi connectivity index (χ3n) is 7.54. The zero-order valence-electron chi connectivity index (χ0n) is 24.7. The molecule has 3 atom stereocenters. The fraction of sp³-hybridized carbons (Fsp3) is 0.375. The van der Waals surface area contributed by atoms with E-state index in [9.17, 15) is 24.6 Å². The van der Waals surface area contributed by atoms with Crippen LogP contribution in [0, 0.1) is 5.92 Å². The number of aromatic nitrogens is 1. The van der Waals surface area contributed by atoms with E-state index in [1.165, 1.54) is 4.90 Å². The number of carboxylic acids is 1. The summed E-state index contributed by atoms with van der Waals surface area (Å²) in [6, 6.07) is 15.3. The molecule has 1 aliphatic rings. The summed E-state index contributed by atoms with van der Waals surface area (Å²) in [5.74, 6) is -1.17. The first-order chi connectivity index (χ1) is 20.0. The van der Waals surface area contributed by atoms with Crippen molar-refractivity contribution in [3.8, 4) is 17.0 Å². The van der Waals surface area contributed by atoms with E-state index in [1.807, 2.05) is 33.0 Å². The number of amides is 2. The van der Waals surface area contributed by atoms with Crippen molar-refractivity contribution in [3.05, 3.63) is 83.0 Å². The maximum Gasteiger partial charge on any atom is 0.335 e. The minimum Gasteiger partial charge on any atom is -0.478 e. The average molecular weight is 575 g/mol. The van der Waals surface area contributed by atoms with E-state index in [1.54, 1.807) is 67.7 Å². The summed E-state index contributed by atoms with van der Waals surface area (Å²) in [5.41, 5.74) is 3.58. The molecule has 0 bridgehead atoms. The van der Waals surface area contributed by atoms with Crippen molar-refractivity contribution in [2.24, 2.45) is 5.92 Å². The second kappa shape index (κ2) is 13.1. The van der Waals surface area contributed by atoms with Gasteiger partial charge in [-0.15, -0.1) is 0 Å². The van der Waals surface area contributed by atoms with Crippen LogP contribution in [0.25, 0.3) is 11.1 Å². The van der Waals surface area contributed by atoms with Gasteiger partial charge in [0.15, 0.2) is 0 Å². The Bertz CT molecular complexity index is 1420. The van der Waals surface area contributed by atoms with Crippen LogP contribution in [0.15, 0.2) is 60.8 Å². The summed E-state index contributed by atoms with van der Waals surface area (Å²) in [7, 11) is 5.36. The molecule has 0 saturated heterocycles. The highest BCUT2D eigenvalue weighted by Crippen LogP contribution is 2.30. The van der Waals surface area contributed by atoms with Gasteiger partial charge in [0.2, 0.25) is 5.88 Å². The lowest BCUT2D eigenvalue weighted by atomic mass is 9.98. The molecule has 222 valence electrons. The number of hydrogen-bond acceptors (Lipinski definition) is 7. The molecule has 0 unspecified atom stereocenters. The minimum absolute atomic E-state index is 0.0730. The van der Waals surface area contributed by atoms with Crippen molar-refractivity contribution in [2.75, 3.05) is 40.8 Å². The van der Waals surface area contributed by atoms with Crippen LogP contribution in [-0.4, -0.2) is 101 Å². The van der Waals surface area contributed by atoms with Crippen LogP contribution in [0.2, 0.25) is 0 Å². The van der Waals surface area contributed by atoms with Gasteiger partial charge in [-0.1, -0.05) is 31.2 Å². The van der Waals surface area contributed by atoms with E-state index in [2.05, 4.69) is 9.88 Å². The lowest BCUT2D eigenvalue weighted by Gasteiger charge is -2.37. The molecular weight excluding hydrogens is 536 g/mol. The lowest BCUT2D eigenvalue weighted by Crippen LogP contribution is -2.49. The normalized spacial score (nSPS) is 17.6. The first-order valence-electron chi connectivity index (χ1n) is 13.9. The van der Waals surface area contributed by atoms with E-state index < -0.39 is 12.0 Å². The predicted molar refractivity (Wildman–Crippen MR) is 159 cm³/mol. The number of nitrogens with zero attached hydrogens (tertiary/aromatic N) is 4. The second-order valence-corrected chi connectivity index (χ2v) is 11.2. The van der Waals surface area contributed by atoms with Gasteiger partial charge in [-0.25, -0.2) is 9.78 Å². The Hall–Kier alpha value is -4.28. The number of hydrogen-bond donors (Lipinski definition) is 2. The Balaban J connectivity index is 1.61. The van der Waals surface area contributed by atoms with Gasteiger partial charge >= 0.3 is 5.97 Å². The van der Waals surface area contributed by atoms with Gasteiger partial charge in [0, 0.05) is 57.0 Å². The Morgan fingerprint density at radius 1 is 1.05 bits per heavy atom. The molecule has 42 heavy (non-hydrogen) atoms. The maximum atomic E-state index is 13.8. The van der Waals surface area contributed by atoms with Crippen molar-refractivity contribution in [3.63, 3.8) is 0 Å². The third-order valence-corrected chi connectivity index (χ3v) is 7.54. The molecule has 1 aromatic heterocycles. The van der Waals surface area contributed by atoms with E-state index in [0.717, 1.165) is 11.1 Å².